The van der Waals surface area contributed by atoms with Crippen LogP contribution in [0.4, 0.5) is 0 Å². The zero-order valence-corrected chi connectivity index (χ0v) is 14.0. The van der Waals surface area contributed by atoms with E-state index in [1.807, 2.05) is 36.4 Å². The zero-order chi connectivity index (χ0) is 17.2. The first-order valence-corrected chi connectivity index (χ1v) is 8.72. The van der Waals surface area contributed by atoms with Crippen LogP contribution in [0.25, 0.3) is 10.8 Å². The molecule has 3 nitrogen and oxygen atoms in total. The van der Waals surface area contributed by atoms with Gasteiger partial charge in [-0.3, -0.25) is 4.90 Å². The van der Waals surface area contributed by atoms with E-state index in [1.54, 1.807) is 6.07 Å². The quantitative estimate of drug-likeness (QED) is 0.764. The largest absolute Gasteiger partial charge is 0.508 e. The van der Waals surface area contributed by atoms with Gasteiger partial charge in [-0.05, 0) is 60.5 Å². The van der Waals surface area contributed by atoms with Gasteiger partial charge in [-0.1, -0.05) is 42.5 Å². The number of likely N-dealkylation sites (tertiary alicyclic amines) is 1. The third kappa shape index (κ3) is 2.86. The minimum Gasteiger partial charge on any atom is -0.508 e. The molecule has 0 saturated carbocycles. The fourth-order valence-electron chi connectivity index (χ4n) is 3.91. The average Bonchev–Trinajstić information content (AvgIpc) is 3.18. The fourth-order valence-corrected chi connectivity index (χ4v) is 3.91. The van der Waals surface area contributed by atoms with Crippen LogP contribution in [0.5, 0.6) is 5.75 Å². The molecule has 4 rings (SSSR count). The molecule has 0 aromatic heterocycles. The number of hydrogen-bond donors (Lipinski definition) is 1. The SMILES string of the molecule is N#Cc1cccc([C@H](c2c(O)ccc3ccccc23)N2CCCC2)c1. The van der Waals surface area contributed by atoms with Crippen LogP contribution in [0.3, 0.4) is 0 Å². The molecule has 0 radical (unpaired) electrons. The molecule has 1 atom stereocenters. The van der Waals surface area contributed by atoms with E-state index in [0.717, 1.165) is 35.0 Å². The number of phenolic OH excluding ortho intramolecular Hbond substituents is 1. The highest BCUT2D eigenvalue weighted by Crippen LogP contribution is 2.40. The summed E-state index contributed by atoms with van der Waals surface area (Å²) in [6, 6.07) is 21.9. The van der Waals surface area contributed by atoms with Crippen molar-refractivity contribution in [3.05, 3.63) is 77.4 Å². The first-order valence-electron chi connectivity index (χ1n) is 8.72. The Morgan fingerprint density at radius 3 is 2.56 bits per heavy atom. The molecule has 0 spiro atoms. The Labute approximate surface area is 147 Å². The van der Waals surface area contributed by atoms with Gasteiger partial charge < -0.3 is 5.11 Å². The summed E-state index contributed by atoms with van der Waals surface area (Å²) in [4.78, 5) is 2.41. The van der Waals surface area contributed by atoms with E-state index in [-0.39, 0.29) is 6.04 Å². The molecule has 1 aliphatic heterocycles. The van der Waals surface area contributed by atoms with E-state index in [1.165, 1.54) is 12.8 Å². The summed E-state index contributed by atoms with van der Waals surface area (Å²) in [6.45, 7) is 2.01. The van der Waals surface area contributed by atoms with Crippen molar-refractivity contribution in [1.29, 1.82) is 5.26 Å². The topological polar surface area (TPSA) is 47.3 Å². The van der Waals surface area contributed by atoms with Gasteiger partial charge in [0.2, 0.25) is 0 Å². The van der Waals surface area contributed by atoms with Crippen molar-refractivity contribution in [2.75, 3.05) is 13.1 Å². The molecule has 3 aromatic carbocycles. The van der Waals surface area contributed by atoms with Gasteiger partial charge in [0, 0.05) is 5.56 Å². The summed E-state index contributed by atoms with van der Waals surface area (Å²) in [5, 5.41) is 22.2. The monoisotopic (exact) mass is 328 g/mol. The van der Waals surface area contributed by atoms with E-state index in [9.17, 15) is 10.4 Å². The summed E-state index contributed by atoms with van der Waals surface area (Å²) in [6.07, 6.45) is 2.33. The number of nitrogens with zero attached hydrogens (tertiary/aromatic N) is 2. The lowest BCUT2D eigenvalue weighted by Gasteiger charge is -2.30. The van der Waals surface area contributed by atoms with Gasteiger partial charge in [-0.15, -0.1) is 0 Å². The Kier molecular flexibility index (Phi) is 4.13. The van der Waals surface area contributed by atoms with Gasteiger partial charge in [0.05, 0.1) is 17.7 Å². The predicted molar refractivity (Wildman–Crippen MR) is 99.4 cm³/mol. The molecule has 0 aliphatic carbocycles. The molecule has 25 heavy (non-hydrogen) atoms. The maximum atomic E-state index is 10.7. The number of nitriles is 1. The van der Waals surface area contributed by atoms with Crippen LogP contribution in [-0.4, -0.2) is 23.1 Å². The van der Waals surface area contributed by atoms with Crippen molar-refractivity contribution in [2.24, 2.45) is 0 Å². The van der Waals surface area contributed by atoms with Crippen LogP contribution in [0.15, 0.2) is 60.7 Å². The third-order valence-corrected chi connectivity index (χ3v) is 5.06. The van der Waals surface area contributed by atoms with Gasteiger partial charge in [0.25, 0.3) is 0 Å². The smallest absolute Gasteiger partial charge is 0.121 e. The highest BCUT2D eigenvalue weighted by molar-refractivity contribution is 5.88. The van der Waals surface area contributed by atoms with Gasteiger partial charge in [-0.25, -0.2) is 0 Å². The number of phenols is 1. The molecule has 1 fully saturated rings. The summed E-state index contributed by atoms with van der Waals surface area (Å²) in [5.74, 6) is 0.318. The van der Waals surface area contributed by atoms with Crippen LogP contribution in [0.2, 0.25) is 0 Å². The van der Waals surface area contributed by atoms with Crippen LogP contribution < -0.4 is 0 Å². The number of aromatic hydroxyl groups is 1. The fraction of sp³-hybridized carbons (Fsp3) is 0.227. The van der Waals surface area contributed by atoms with E-state index >= 15 is 0 Å². The lowest BCUT2D eigenvalue weighted by molar-refractivity contribution is 0.277. The first kappa shape index (κ1) is 15.7. The van der Waals surface area contributed by atoms with Crippen molar-refractivity contribution in [3.8, 4) is 11.8 Å². The van der Waals surface area contributed by atoms with Crippen LogP contribution in [0.1, 0.15) is 35.6 Å². The third-order valence-electron chi connectivity index (χ3n) is 5.06. The van der Waals surface area contributed by atoms with Crippen molar-refractivity contribution >= 4 is 10.8 Å². The van der Waals surface area contributed by atoms with Gasteiger partial charge >= 0.3 is 0 Å². The van der Waals surface area contributed by atoms with Crippen LogP contribution in [-0.2, 0) is 0 Å². The van der Waals surface area contributed by atoms with Gasteiger partial charge in [-0.2, -0.15) is 5.26 Å². The second kappa shape index (κ2) is 6.58. The van der Waals surface area contributed by atoms with Crippen molar-refractivity contribution < 1.29 is 5.11 Å². The Morgan fingerprint density at radius 1 is 0.960 bits per heavy atom. The lowest BCUT2D eigenvalue weighted by atomic mass is 9.91. The number of fused-ring (bicyclic) bond motifs is 1. The number of rotatable bonds is 3. The number of hydrogen-bond acceptors (Lipinski definition) is 3. The molecule has 1 N–H and O–H groups in total. The molecule has 3 heteroatoms. The molecule has 124 valence electrons. The Hall–Kier alpha value is -2.83. The molecule has 3 aromatic rings. The number of benzene rings is 3. The van der Waals surface area contributed by atoms with Crippen molar-refractivity contribution in [3.63, 3.8) is 0 Å². The minimum atomic E-state index is -0.0399. The molecule has 0 amide bonds. The highest BCUT2D eigenvalue weighted by atomic mass is 16.3. The molecule has 1 aliphatic rings. The molecule has 1 saturated heterocycles. The van der Waals surface area contributed by atoms with E-state index in [4.69, 9.17) is 0 Å². The summed E-state index contributed by atoms with van der Waals surface area (Å²) >= 11 is 0. The minimum absolute atomic E-state index is 0.0399. The predicted octanol–water partition coefficient (Wildman–Crippen LogP) is 4.60. The van der Waals surface area contributed by atoms with Gasteiger partial charge in [0.15, 0.2) is 0 Å². The standard InChI is InChI=1S/C22H20N2O/c23-15-16-6-5-8-18(14-16)22(24-12-3-4-13-24)21-19-9-2-1-7-17(19)10-11-20(21)25/h1-2,5-11,14,22,25H,3-4,12-13H2/t22-/m1/s1. The molecule has 1 heterocycles. The Bertz CT molecular complexity index is 952. The first-order chi connectivity index (χ1) is 12.3. The summed E-state index contributed by atoms with van der Waals surface area (Å²) in [5.41, 5.74) is 2.66. The van der Waals surface area contributed by atoms with Crippen LogP contribution in [0, 0.1) is 11.3 Å². The molecular formula is C22H20N2O. The maximum absolute atomic E-state index is 10.7. The van der Waals surface area contributed by atoms with E-state index in [2.05, 4.69) is 29.2 Å². The Morgan fingerprint density at radius 2 is 1.76 bits per heavy atom. The molecular weight excluding hydrogens is 308 g/mol. The Balaban J connectivity index is 1.95. The van der Waals surface area contributed by atoms with E-state index < -0.39 is 0 Å². The maximum Gasteiger partial charge on any atom is 0.121 e. The van der Waals surface area contributed by atoms with E-state index in [0.29, 0.717) is 11.3 Å². The second-order valence-electron chi connectivity index (χ2n) is 6.60. The average molecular weight is 328 g/mol. The summed E-state index contributed by atoms with van der Waals surface area (Å²) in [7, 11) is 0. The normalized spacial score (nSPS) is 16.0. The lowest BCUT2D eigenvalue weighted by Crippen LogP contribution is -2.27. The highest BCUT2D eigenvalue weighted by Gasteiger charge is 2.28. The van der Waals surface area contributed by atoms with Crippen molar-refractivity contribution in [1.82, 2.24) is 4.90 Å². The zero-order valence-electron chi connectivity index (χ0n) is 14.0. The van der Waals surface area contributed by atoms with Crippen LogP contribution >= 0.6 is 0 Å². The second-order valence-corrected chi connectivity index (χ2v) is 6.60. The van der Waals surface area contributed by atoms with Crippen molar-refractivity contribution in [2.45, 2.75) is 18.9 Å². The molecule has 0 bridgehead atoms. The summed E-state index contributed by atoms with van der Waals surface area (Å²) < 4.78 is 0. The van der Waals surface area contributed by atoms with Gasteiger partial charge in [0.1, 0.15) is 5.75 Å². The molecule has 0 unspecified atom stereocenters.